The van der Waals surface area contributed by atoms with Crippen molar-refractivity contribution in [2.75, 3.05) is 47.5 Å². The second-order valence-electron chi connectivity index (χ2n) is 15.0. The van der Waals surface area contributed by atoms with Crippen LogP contribution in [-0.2, 0) is 32.7 Å². The SMILES string of the molecule is CCCC/C=C\CCCCCCCC(=O)OCC(COP(=O)(O)OCC[N+](C)(C)C)OC(=O)CCCCCCCCC/C=C\C/C=C\CCCCC. The predicted octanol–water partition coefficient (Wildman–Crippen LogP) is 11.4. The maximum Gasteiger partial charge on any atom is 0.472 e. The zero-order valence-electron chi connectivity index (χ0n) is 34.0. The molecule has 0 aliphatic heterocycles. The summed E-state index contributed by atoms with van der Waals surface area (Å²) in [5.74, 6) is -0.821. The van der Waals surface area contributed by atoms with E-state index in [0.29, 0.717) is 17.4 Å². The summed E-state index contributed by atoms with van der Waals surface area (Å²) in [6.07, 6.45) is 37.6. The van der Waals surface area contributed by atoms with Crippen LogP contribution < -0.4 is 0 Å². The summed E-state index contributed by atoms with van der Waals surface area (Å²) in [7, 11) is 1.46. The molecule has 52 heavy (non-hydrogen) atoms. The number of ether oxygens (including phenoxy) is 2. The first-order valence-electron chi connectivity index (χ1n) is 20.7. The minimum absolute atomic E-state index is 0.0283. The number of likely N-dealkylation sites (N-methyl/N-ethyl adjacent to an activating group) is 1. The first-order chi connectivity index (χ1) is 25.0. The zero-order chi connectivity index (χ0) is 38.6. The van der Waals surface area contributed by atoms with Crippen LogP contribution in [0, 0.1) is 0 Å². The van der Waals surface area contributed by atoms with Gasteiger partial charge in [-0.25, -0.2) is 4.57 Å². The second kappa shape index (κ2) is 35.0. The van der Waals surface area contributed by atoms with Gasteiger partial charge in [0.2, 0.25) is 0 Å². The van der Waals surface area contributed by atoms with Crippen LogP contribution in [0.4, 0.5) is 0 Å². The lowest BCUT2D eigenvalue weighted by Gasteiger charge is -2.24. The molecular weight excluding hydrogens is 677 g/mol. The third kappa shape index (κ3) is 38.0. The van der Waals surface area contributed by atoms with Crippen LogP contribution in [0.25, 0.3) is 0 Å². The van der Waals surface area contributed by atoms with E-state index in [1.807, 2.05) is 21.1 Å². The van der Waals surface area contributed by atoms with Crippen molar-refractivity contribution in [3.05, 3.63) is 36.5 Å². The molecule has 0 aromatic carbocycles. The largest absolute Gasteiger partial charge is 0.472 e. The zero-order valence-corrected chi connectivity index (χ0v) is 34.9. The first kappa shape index (κ1) is 50.2. The normalized spacial score (nSPS) is 14.0. The molecule has 0 aliphatic carbocycles. The fraction of sp³-hybridized carbons (Fsp3) is 0.810. The van der Waals surface area contributed by atoms with E-state index in [-0.39, 0.29) is 32.0 Å². The Balaban J connectivity index is 4.40. The smallest absolute Gasteiger partial charge is 0.462 e. The van der Waals surface area contributed by atoms with E-state index in [0.717, 1.165) is 77.0 Å². The van der Waals surface area contributed by atoms with Gasteiger partial charge >= 0.3 is 19.8 Å². The first-order valence-corrected chi connectivity index (χ1v) is 22.2. The van der Waals surface area contributed by atoms with E-state index in [2.05, 4.69) is 50.3 Å². The Labute approximate surface area is 319 Å². The summed E-state index contributed by atoms with van der Waals surface area (Å²) in [6.45, 7) is 4.33. The summed E-state index contributed by atoms with van der Waals surface area (Å²) in [4.78, 5) is 35.2. The summed E-state index contributed by atoms with van der Waals surface area (Å²) >= 11 is 0. The third-order valence-corrected chi connectivity index (χ3v) is 9.63. The number of nitrogens with zero attached hydrogens (tertiary/aromatic N) is 1. The highest BCUT2D eigenvalue weighted by Crippen LogP contribution is 2.43. The Hall–Kier alpha value is -1.77. The molecule has 0 heterocycles. The van der Waals surface area contributed by atoms with Gasteiger partial charge < -0.3 is 18.9 Å². The molecule has 0 aliphatic rings. The Morgan fingerprint density at radius 2 is 1.06 bits per heavy atom. The Morgan fingerprint density at radius 1 is 0.596 bits per heavy atom. The van der Waals surface area contributed by atoms with E-state index < -0.39 is 26.5 Å². The maximum absolute atomic E-state index is 12.7. The molecule has 304 valence electrons. The van der Waals surface area contributed by atoms with Crippen LogP contribution >= 0.6 is 7.82 Å². The predicted molar refractivity (Wildman–Crippen MR) is 215 cm³/mol. The highest BCUT2D eigenvalue weighted by atomic mass is 31.2. The lowest BCUT2D eigenvalue weighted by Crippen LogP contribution is -2.37. The van der Waals surface area contributed by atoms with Crippen LogP contribution in [0.1, 0.15) is 168 Å². The van der Waals surface area contributed by atoms with Crippen molar-refractivity contribution < 1.29 is 42.1 Å². The molecule has 0 bridgehead atoms. The molecular formula is C42H79NO8P+. The number of unbranched alkanes of at least 4 members (excludes halogenated alkanes) is 17. The average molecular weight is 757 g/mol. The van der Waals surface area contributed by atoms with Crippen molar-refractivity contribution in [1.82, 2.24) is 0 Å². The number of allylic oxidation sites excluding steroid dienone is 6. The number of rotatable bonds is 37. The Kier molecular flexibility index (Phi) is 33.8. The molecule has 0 spiro atoms. The van der Waals surface area contributed by atoms with Gasteiger partial charge in [0, 0.05) is 12.8 Å². The Bertz CT molecular complexity index is 991. The molecule has 0 saturated heterocycles. The number of carbonyl (C=O) groups is 2. The van der Waals surface area contributed by atoms with E-state index in [1.54, 1.807) is 0 Å². The van der Waals surface area contributed by atoms with Crippen molar-refractivity contribution in [2.24, 2.45) is 0 Å². The van der Waals surface area contributed by atoms with Crippen molar-refractivity contribution >= 4 is 19.8 Å². The van der Waals surface area contributed by atoms with Gasteiger partial charge in [-0.3, -0.25) is 18.6 Å². The van der Waals surface area contributed by atoms with Gasteiger partial charge in [0.05, 0.1) is 27.7 Å². The Morgan fingerprint density at radius 3 is 1.60 bits per heavy atom. The van der Waals surface area contributed by atoms with Crippen LogP contribution in [0.2, 0.25) is 0 Å². The van der Waals surface area contributed by atoms with Gasteiger partial charge in [0.1, 0.15) is 19.8 Å². The van der Waals surface area contributed by atoms with Gasteiger partial charge in [-0.1, -0.05) is 127 Å². The number of quaternary nitrogens is 1. The van der Waals surface area contributed by atoms with Crippen LogP contribution in [-0.4, -0.2) is 74.9 Å². The molecule has 9 nitrogen and oxygen atoms in total. The molecule has 0 aromatic rings. The number of hydrogen-bond acceptors (Lipinski definition) is 7. The molecule has 2 unspecified atom stereocenters. The minimum Gasteiger partial charge on any atom is -0.462 e. The summed E-state index contributed by atoms with van der Waals surface area (Å²) in [5, 5.41) is 0. The van der Waals surface area contributed by atoms with Crippen molar-refractivity contribution in [1.29, 1.82) is 0 Å². The number of esters is 2. The number of phosphoric ester groups is 1. The standard InChI is InChI=1S/C42H78NO8P/c1-6-8-10-12-14-16-18-19-20-21-22-23-25-27-29-31-33-35-42(45)51-40(39-50-52(46,47)49-37-36-43(3,4)5)38-48-41(44)34-32-30-28-26-24-17-15-13-11-9-7-2/h13-16,19-20,40H,6-12,17-18,21-39H2,1-5H3/p+1/b15-13-,16-14-,20-19-. The van der Waals surface area contributed by atoms with Crippen LogP contribution in [0.5, 0.6) is 0 Å². The quantitative estimate of drug-likeness (QED) is 0.0219. The second-order valence-corrected chi connectivity index (χ2v) is 16.5. The van der Waals surface area contributed by atoms with Crippen molar-refractivity contribution in [2.45, 2.75) is 174 Å². The summed E-state index contributed by atoms with van der Waals surface area (Å²) < 4.78 is 34.2. The highest BCUT2D eigenvalue weighted by Gasteiger charge is 2.27. The van der Waals surface area contributed by atoms with Crippen LogP contribution in [0.3, 0.4) is 0 Å². The van der Waals surface area contributed by atoms with Gasteiger partial charge in [-0.2, -0.15) is 0 Å². The number of carbonyl (C=O) groups excluding carboxylic acids is 2. The van der Waals surface area contributed by atoms with E-state index in [4.69, 9.17) is 18.5 Å². The molecule has 0 fully saturated rings. The summed E-state index contributed by atoms with van der Waals surface area (Å²) in [6, 6.07) is 0. The lowest BCUT2D eigenvalue weighted by atomic mass is 10.1. The molecule has 0 rings (SSSR count). The van der Waals surface area contributed by atoms with Crippen LogP contribution in [0.15, 0.2) is 36.5 Å². The highest BCUT2D eigenvalue weighted by molar-refractivity contribution is 7.47. The molecule has 0 saturated carbocycles. The number of hydrogen-bond donors (Lipinski definition) is 1. The topological polar surface area (TPSA) is 108 Å². The van der Waals surface area contributed by atoms with Gasteiger partial charge in [0.25, 0.3) is 0 Å². The monoisotopic (exact) mass is 757 g/mol. The van der Waals surface area contributed by atoms with E-state index in [9.17, 15) is 19.0 Å². The minimum atomic E-state index is -4.37. The van der Waals surface area contributed by atoms with E-state index >= 15 is 0 Å². The molecule has 0 aromatic heterocycles. The summed E-state index contributed by atoms with van der Waals surface area (Å²) in [5.41, 5.74) is 0. The molecule has 0 radical (unpaired) electrons. The third-order valence-electron chi connectivity index (χ3n) is 8.64. The fourth-order valence-electron chi connectivity index (χ4n) is 5.32. The van der Waals surface area contributed by atoms with Gasteiger partial charge in [-0.15, -0.1) is 0 Å². The maximum atomic E-state index is 12.7. The fourth-order valence-corrected chi connectivity index (χ4v) is 6.06. The average Bonchev–Trinajstić information content (AvgIpc) is 3.09. The molecule has 0 amide bonds. The van der Waals surface area contributed by atoms with Crippen molar-refractivity contribution in [3.8, 4) is 0 Å². The number of phosphoric acid groups is 1. The molecule has 2 atom stereocenters. The molecule has 10 heteroatoms. The molecule has 1 N–H and O–H groups in total. The van der Waals surface area contributed by atoms with Gasteiger partial charge in [-0.05, 0) is 64.2 Å². The van der Waals surface area contributed by atoms with Gasteiger partial charge in [0.15, 0.2) is 6.10 Å². The lowest BCUT2D eigenvalue weighted by molar-refractivity contribution is -0.870. The van der Waals surface area contributed by atoms with E-state index in [1.165, 1.54) is 57.8 Å². The van der Waals surface area contributed by atoms with Crippen molar-refractivity contribution in [3.63, 3.8) is 0 Å².